The smallest absolute Gasteiger partial charge is 0.171 e. The van der Waals surface area contributed by atoms with Crippen molar-refractivity contribution in [2.75, 3.05) is 26.2 Å². The summed E-state index contributed by atoms with van der Waals surface area (Å²) in [7, 11) is 0. The molecule has 3 heteroatoms. The highest BCUT2D eigenvalue weighted by Gasteiger charge is 2.17. The molecular weight excluding hydrogens is 180 g/mol. The molecule has 1 aliphatic rings. The van der Waals surface area contributed by atoms with Crippen LogP contribution in [0.25, 0.3) is 0 Å². The predicted octanol–water partition coefficient (Wildman–Crippen LogP) is 2.10. The fourth-order valence-corrected chi connectivity index (χ4v) is 2.17. The van der Waals surface area contributed by atoms with E-state index in [0.29, 0.717) is 0 Å². The Morgan fingerprint density at radius 3 is 2.31 bits per heavy atom. The lowest BCUT2D eigenvalue weighted by Crippen LogP contribution is -2.41. The molecule has 0 unspecified atom stereocenters. The number of nitrogens with zero attached hydrogens (tertiary/aromatic N) is 2. The molecule has 0 saturated carbocycles. The maximum atomic E-state index is 5.45. The van der Waals surface area contributed by atoms with Gasteiger partial charge in [-0.15, -0.1) is 0 Å². The molecule has 76 valence electrons. The van der Waals surface area contributed by atoms with Crippen LogP contribution in [0.4, 0.5) is 0 Å². The first kappa shape index (κ1) is 10.8. The first-order chi connectivity index (χ1) is 6.29. The summed E-state index contributed by atoms with van der Waals surface area (Å²) in [4.78, 5) is 4.67. The van der Waals surface area contributed by atoms with Gasteiger partial charge < -0.3 is 9.80 Å². The van der Waals surface area contributed by atoms with Gasteiger partial charge in [-0.3, -0.25) is 0 Å². The Morgan fingerprint density at radius 1 is 1.15 bits per heavy atom. The molecule has 0 aromatic heterocycles. The van der Waals surface area contributed by atoms with E-state index in [1.54, 1.807) is 0 Å². The van der Waals surface area contributed by atoms with Crippen molar-refractivity contribution < 1.29 is 0 Å². The van der Waals surface area contributed by atoms with Crippen molar-refractivity contribution >= 4 is 17.3 Å². The zero-order chi connectivity index (χ0) is 9.68. The largest absolute Gasteiger partial charge is 0.349 e. The maximum absolute atomic E-state index is 5.45. The second kappa shape index (κ2) is 5.43. The number of hydrogen-bond acceptors (Lipinski definition) is 1. The van der Waals surface area contributed by atoms with Crippen molar-refractivity contribution in [3.63, 3.8) is 0 Å². The minimum Gasteiger partial charge on any atom is -0.349 e. The number of rotatable bonds is 3. The Kier molecular flexibility index (Phi) is 4.50. The zero-order valence-electron chi connectivity index (χ0n) is 8.75. The van der Waals surface area contributed by atoms with Crippen LogP contribution in [0.5, 0.6) is 0 Å². The van der Waals surface area contributed by atoms with Crippen molar-refractivity contribution in [2.24, 2.45) is 0 Å². The molecular formula is C10H20N2S. The van der Waals surface area contributed by atoms with Crippen LogP contribution in [0.1, 0.15) is 33.1 Å². The van der Waals surface area contributed by atoms with Crippen LogP contribution in [-0.2, 0) is 0 Å². The van der Waals surface area contributed by atoms with E-state index < -0.39 is 0 Å². The van der Waals surface area contributed by atoms with E-state index in [2.05, 4.69) is 23.6 Å². The molecule has 0 aromatic carbocycles. The second-order valence-corrected chi connectivity index (χ2v) is 3.92. The van der Waals surface area contributed by atoms with Crippen molar-refractivity contribution in [2.45, 2.75) is 33.1 Å². The molecule has 13 heavy (non-hydrogen) atoms. The third-order valence-electron chi connectivity index (χ3n) is 2.52. The number of hydrogen-bond donors (Lipinski definition) is 0. The van der Waals surface area contributed by atoms with Crippen LogP contribution < -0.4 is 0 Å². The Morgan fingerprint density at radius 2 is 1.77 bits per heavy atom. The van der Waals surface area contributed by atoms with Crippen LogP contribution in [0.15, 0.2) is 0 Å². The quantitative estimate of drug-likeness (QED) is 0.644. The lowest BCUT2D eigenvalue weighted by Gasteiger charge is -2.29. The summed E-state index contributed by atoms with van der Waals surface area (Å²) in [5.41, 5.74) is 0. The second-order valence-electron chi connectivity index (χ2n) is 3.56. The highest BCUT2D eigenvalue weighted by Crippen LogP contribution is 2.09. The molecule has 1 rings (SSSR count). The summed E-state index contributed by atoms with van der Waals surface area (Å²) in [6.07, 6.45) is 3.77. The normalized spacial score (nSPS) is 19.1. The predicted molar refractivity (Wildman–Crippen MR) is 60.9 cm³/mol. The molecule has 0 aliphatic carbocycles. The molecule has 1 saturated heterocycles. The number of thiocarbonyl (C=S) groups is 1. The molecule has 0 radical (unpaired) electrons. The summed E-state index contributed by atoms with van der Waals surface area (Å²) in [6, 6.07) is 0. The van der Waals surface area contributed by atoms with Gasteiger partial charge in [-0.05, 0) is 38.4 Å². The van der Waals surface area contributed by atoms with Crippen LogP contribution in [-0.4, -0.2) is 41.1 Å². The SMILES string of the molecule is CCCN1CCCCN(CC)C1=S. The Balaban J connectivity index is 2.56. The highest BCUT2D eigenvalue weighted by atomic mass is 32.1. The fraction of sp³-hybridized carbons (Fsp3) is 0.900. The third kappa shape index (κ3) is 2.83. The Labute approximate surface area is 86.9 Å². The van der Waals surface area contributed by atoms with Gasteiger partial charge in [-0.1, -0.05) is 6.92 Å². The molecule has 0 spiro atoms. The highest BCUT2D eigenvalue weighted by molar-refractivity contribution is 7.80. The van der Waals surface area contributed by atoms with Gasteiger partial charge in [0.05, 0.1) is 0 Å². The van der Waals surface area contributed by atoms with E-state index in [0.717, 1.165) is 31.3 Å². The van der Waals surface area contributed by atoms with Crippen LogP contribution in [0, 0.1) is 0 Å². The lowest BCUT2D eigenvalue weighted by atomic mass is 10.3. The standard InChI is InChI=1S/C10H20N2S/c1-3-7-12-9-6-5-8-11(4-2)10(12)13/h3-9H2,1-2H3. The van der Waals surface area contributed by atoms with Crippen LogP contribution >= 0.6 is 12.2 Å². The van der Waals surface area contributed by atoms with Gasteiger partial charge in [0.1, 0.15) is 0 Å². The molecule has 1 aliphatic heterocycles. The van der Waals surface area contributed by atoms with Crippen molar-refractivity contribution in [3.05, 3.63) is 0 Å². The summed E-state index contributed by atoms with van der Waals surface area (Å²) in [5, 5.41) is 1.07. The average Bonchev–Trinajstić information content (AvgIpc) is 2.30. The Bertz CT molecular complexity index is 170. The van der Waals surface area contributed by atoms with E-state index >= 15 is 0 Å². The van der Waals surface area contributed by atoms with Crippen molar-refractivity contribution in [1.29, 1.82) is 0 Å². The van der Waals surface area contributed by atoms with Gasteiger partial charge >= 0.3 is 0 Å². The van der Waals surface area contributed by atoms with Gasteiger partial charge in [0.2, 0.25) is 0 Å². The average molecular weight is 200 g/mol. The fourth-order valence-electron chi connectivity index (χ4n) is 1.77. The summed E-state index contributed by atoms with van der Waals surface area (Å²) < 4.78 is 0. The van der Waals surface area contributed by atoms with Gasteiger partial charge in [-0.2, -0.15) is 0 Å². The Hall–Kier alpha value is -0.310. The van der Waals surface area contributed by atoms with E-state index in [1.165, 1.54) is 19.3 Å². The van der Waals surface area contributed by atoms with E-state index in [-0.39, 0.29) is 0 Å². The van der Waals surface area contributed by atoms with Gasteiger partial charge in [0.25, 0.3) is 0 Å². The van der Waals surface area contributed by atoms with Gasteiger partial charge in [-0.25, -0.2) is 0 Å². The third-order valence-corrected chi connectivity index (χ3v) is 3.04. The molecule has 0 aromatic rings. The molecule has 2 nitrogen and oxygen atoms in total. The van der Waals surface area contributed by atoms with Gasteiger partial charge in [0, 0.05) is 26.2 Å². The lowest BCUT2D eigenvalue weighted by molar-refractivity contribution is 0.373. The minimum atomic E-state index is 1.05. The first-order valence-electron chi connectivity index (χ1n) is 5.33. The summed E-state index contributed by atoms with van der Waals surface area (Å²) in [6.45, 7) is 8.87. The zero-order valence-corrected chi connectivity index (χ0v) is 9.57. The minimum absolute atomic E-state index is 1.05. The molecule has 1 fully saturated rings. The maximum Gasteiger partial charge on any atom is 0.171 e. The van der Waals surface area contributed by atoms with Gasteiger partial charge in [0.15, 0.2) is 5.11 Å². The first-order valence-corrected chi connectivity index (χ1v) is 5.74. The molecule has 0 amide bonds. The summed E-state index contributed by atoms with van der Waals surface area (Å²) >= 11 is 5.45. The molecule has 0 atom stereocenters. The molecule has 1 heterocycles. The van der Waals surface area contributed by atoms with Crippen LogP contribution in [0.2, 0.25) is 0 Å². The topological polar surface area (TPSA) is 6.48 Å². The molecule has 0 N–H and O–H groups in total. The van der Waals surface area contributed by atoms with E-state index in [9.17, 15) is 0 Å². The van der Waals surface area contributed by atoms with Crippen LogP contribution in [0.3, 0.4) is 0 Å². The monoisotopic (exact) mass is 200 g/mol. The van der Waals surface area contributed by atoms with Crippen molar-refractivity contribution in [1.82, 2.24) is 9.80 Å². The van der Waals surface area contributed by atoms with Crippen molar-refractivity contribution in [3.8, 4) is 0 Å². The summed E-state index contributed by atoms with van der Waals surface area (Å²) in [5.74, 6) is 0. The van der Waals surface area contributed by atoms with E-state index in [1.807, 2.05) is 0 Å². The van der Waals surface area contributed by atoms with E-state index in [4.69, 9.17) is 12.2 Å². The molecule has 0 bridgehead atoms.